The summed E-state index contributed by atoms with van der Waals surface area (Å²) in [6.45, 7) is 2.49. The van der Waals surface area contributed by atoms with Gasteiger partial charge in [-0.05, 0) is 78.6 Å². The van der Waals surface area contributed by atoms with E-state index < -0.39 is 10.0 Å². The number of hydrogen-bond acceptors (Lipinski definition) is 6. The molecule has 4 aromatic carbocycles. The van der Waals surface area contributed by atoms with E-state index in [0.29, 0.717) is 35.0 Å². The van der Waals surface area contributed by atoms with Gasteiger partial charge in [0.1, 0.15) is 11.1 Å². The molecule has 1 atom stereocenters. The minimum Gasteiger partial charge on any atom is -0.495 e. The highest BCUT2D eigenvalue weighted by atomic mass is 32.2. The maximum atomic E-state index is 13.0. The highest BCUT2D eigenvalue weighted by Gasteiger charge is 2.32. The second-order valence-corrected chi connectivity index (χ2v) is 12.6. The third-order valence-corrected chi connectivity index (χ3v) is 9.57. The highest BCUT2D eigenvalue weighted by Crippen LogP contribution is 2.38. The topological polar surface area (TPSA) is 105 Å². The number of nitrogens with one attached hydrogen (secondary N) is 2. The van der Waals surface area contributed by atoms with E-state index >= 15 is 0 Å². The summed E-state index contributed by atoms with van der Waals surface area (Å²) in [6.07, 6.45) is 0.778. The summed E-state index contributed by atoms with van der Waals surface area (Å²) < 4.78 is 33.7. The zero-order valence-corrected chi connectivity index (χ0v) is 24.9. The molecule has 1 heterocycles. The summed E-state index contributed by atoms with van der Waals surface area (Å²) in [7, 11) is -2.40. The number of sulfonamides is 1. The van der Waals surface area contributed by atoms with Crippen LogP contribution in [0.2, 0.25) is 0 Å². The SMILES string of the molecule is COc1ccc(C)cc1NS(=O)(=O)c1ccc(NC(=O)c2ccc([C@H]3SCC(=O)N3CCc3ccccc3)cc2)cc1. The van der Waals surface area contributed by atoms with Gasteiger partial charge in [-0.3, -0.25) is 14.3 Å². The summed E-state index contributed by atoms with van der Waals surface area (Å²) in [6, 6.07) is 28.5. The number of methoxy groups -OCH3 is 1. The fourth-order valence-electron chi connectivity index (χ4n) is 4.69. The Morgan fingerprint density at radius 1 is 0.976 bits per heavy atom. The molecule has 1 aliphatic heterocycles. The molecule has 2 N–H and O–H groups in total. The minimum atomic E-state index is -3.87. The molecule has 8 nitrogen and oxygen atoms in total. The quantitative estimate of drug-likeness (QED) is 0.236. The number of thioether (sulfide) groups is 1. The lowest BCUT2D eigenvalue weighted by Gasteiger charge is -2.24. The van der Waals surface area contributed by atoms with Crippen molar-refractivity contribution in [2.45, 2.75) is 23.6 Å². The number of carbonyl (C=O) groups excluding carboxylic acids is 2. The summed E-state index contributed by atoms with van der Waals surface area (Å²) in [5.41, 5.74) is 4.28. The third-order valence-electron chi connectivity index (χ3n) is 6.93. The zero-order valence-electron chi connectivity index (χ0n) is 23.2. The van der Waals surface area contributed by atoms with Gasteiger partial charge in [-0.1, -0.05) is 48.5 Å². The molecule has 1 aliphatic rings. The Kier molecular flexibility index (Phi) is 8.84. The number of rotatable bonds is 10. The van der Waals surface area contributed by atoms with E-state index in [2.05, 4.69) is 22.2 Å². The van der Waals surface area contributed by atoms with E-state index in [4.69, 9.17) is 4.74 Å². The number of hydrogen-bond donors (Lipinski definition) is 2. The van der Waals surface area contributed by atoms with Crippen molar-refractivity contribution < 1.29 is 22.7 Å². The molecule has 0 aromatic heterocycles. The second-order valence-electron chi connectivity index (χ2n) is 9.90. The van der Waals surface area contributed by atoms with Gasteiger partial charge in [-0.15, -0.1) is 11.8 Å². The standard InChI is InChI=1S/C32H31N3O5S2/c1-22-8-17-29(40-2)28(20-22)34-42(38,39)27-15-13-26(14-16-27)33-31(37)24-9-11-25(12-10-24)32-35(30(36)21-41-32)19-18-23-6-4-3-5-7-23/h3-17,20,32,34H,18-19,21H2,1-2H3,(H,33,37)/t32-/m1/s1. The maximum Gasteiger partial charge on any atom is 0.262 e. The van der Waals surface area contributed by atoms with Crippen molar-refractivity contribution in [3.8, 4) is 5.75 Å². The third kappa shape index (κ3) is 6.78. The van der Waals surface area contributed by atoms with Crippen LogP contribution in [0.1, 0.15) is 32.4 Å². The molecular weight excluding hydrogens is 571 g/mol. The Morgan fingerprint density at radius 2 is 1.69 bits per heavy atom. The van der Waals surface area contributed by atoms with Crippen molar-refractivity contribution in [3.63, 3.8) is 0 Å². The number of anilines is 2. The molecule has 0 bridgehead atoms. The molecule has 5 rings (SSSR count). The maximum absolute atomic E-state index is 13.0. The number of carbonyl (C=O) groups is 2. The van der Waals surface area contributed by atoms with Crippen LogP contribution in [-0.2, 0) is 21.2 Å². The van der Waals surface area contributed by atoms with Crippen LogP contribution in [0, 0.1) is 6.92 Å². The van der Waals surface area contributed by atoms with Gasteiger partial charge in [0.15, 0.2) is 0 Å². The molecule has 42 heavy (non-hydrogen) atoms. The molecule has 0 unspecified atom stereocenters. The number of ether oxygens (including phenoxy) is 1. The van der Waals surface area contributed by atoms with Gasteiger partial charge in [0, 0.05) is 17.8 Å². The molecule has 1 saturated heterocycles. The normalized spacial score (nSPS) is 15.0. The van der Waals surface area contributed by atoms with Gasteiger partial charge < -0.3 is 15.0 Å². The predicted octanol–water partition coefficient (Wildman–Crippen LogP) is 5.87. The molecule has 1 fully saturated rings. The summed E-state index contributed by atoms with van der Waals surface area (Å²) in [5, 5.41) is 2.72. The summed E-state index contributed by atoms with van der Waals surface area (Å²) >= 11 is 1.58. The van der Waals surface area contributed by atoms with Gasteiger partial charge in [0.05, 0.1) is 23.4 Å². The lowest BCUT2D eigenvalue weighted by atomic mass is 10.1. The average Bonchev–Trinajstić information content (AvgIpc) is 3.36. The van der Waals surface area contributed by atoms with Crippen LogP contribution in [0.15, 0.2) is 102 Å². The van der Waals surface area contributed by atoms with Gasteiger partial charge in [-0.25, -0.2) is 8.42 Å². The van der Waals surface area contributed by atoms with E-state index in [1.54, 1.807) is 48.2 Å². The van der Waals surface area contributed by atoms with Crippen molar-refractivity contribution in [2.75, 3.05) is 29.4 Å². The Balaban J connectivity index is 1.21. The van der Waals surface area contributed by atoms with Crippen LogP contribution in [0.4, 0.5) is 11.4 Å². The van der Waals surface area contributed by atoms with E-state index in [1.807, 2.05) is 48.2 Å². The van der Waals surface area contributed by atoms with Crippen molar-refractivity contribution in [2.24, 2.45) is 0 Å². The lowest BCUT2D eigenvalue weighted by Crippen LogP contribution is -2.30. The van der Waals surface area contributed by atoms with Crippen LogP contribution in [0.5, 0.6) is 5.75 Å². The molecule has 2 amide bonds. The minimum absolute atomic E-state index is 0.0499. The van der Waals surface area contributed by atoms with Crippen molar-refractivity contribution >= 4 is 45.0 Å². The molecule has 4 aromatic rings. The first kappa shape index (κ1) is 29.2. The second kappa shape index (κ2) is 12.7. The first-order valence-corrected chi connectivity index (χ1v) is 15.9. The molecule has 216 valence electrons. The molecule has 10 heteroatoms. The predicted molar refractivity (Wildman–Crippen MR) is 166 cm³/mol. The molecule has 0 spiro atoms. The Hall–Kier alpha value is -4.28. The fourth-order valence-corrected chi connectivity index (χ4v) is 6.97. The van der Waals surface area contributed by atoms with E-state index in [0.717, 1.165) is 17.5 Å². The molecule has 0 saturated carbocycles. The van der Waals surface area contributed by atoms with Crippen LogP contribution in [-0.4, -0.2) is 44.5 Å². The number of amides is 2. The Labute approximate surface area is 250 Å². The highest BCUT2D eigenvalue weighted by molar-refractivity contribution is 8.00. The van der Waals surface area contributed by atoms with E-state index in [1.165, 1.54) is 24.8 Å². The number of nitrogens with zero attached hydrogens (tertiary/aromatic N) is 1. The van der Waals surface area contributed by atoms with Gasteiger partial charge >= 0.3 is 0 Å². The molecule has 0 aliphatic carbocycles. The fraction of sp³-hybridized carbons (Fsp3) is 0.188. The van der Waals surface area contributed by atoms with Crippen molar-refractivity contribution in [1.82, 2.24) is 4.90 Å². The van der Waals surface area contributed by atoms with Crippen LogP contribution in [0.25, 0.3) is 0 Å². The van der Waals surface area contributed by atoms with Gasteiger partial charge in [0.25, 0.3) is 15.9 Å². The lowest BCUT2D eigenvalue weighted by molar-refractivity contribution is -0.128. The van der Waals surface area contributed by atoms with Crippen LogP contribution >= 0.6 is 11.8 Å². The monoisotopic (exact) mass is 601 g/mol. The summed E-state index contributed by atoms with van der Waals surface area (Å²) in [5.74, 6) is 0.635. The molecular formula is C32H31N3O5S2. The smallest absolute Gasteiger partial charge is 0.262 e. The number of benzene rings is 4. The number of aryl methyl sites for hydroxylation is 1. The zero-order chi connectivity index (χ0) is 29.7. The van der Waals surface area contributed by atoms with Crippen LogP contribution < -0.4 is 14.8 Å². The van der Waals surface area contributed by atoms with Gasteiger partial charge in [-0.2, -0.15) is 0 Å². The van der Waals surface area contributed by atoms with Crippen LogP contribution in [0.3, 0.4) is 0 Å². The van der Waals surface area contributed by atoms with Crippen molar-refractivity contribution in [3.05, 3.63) is 119 Å². The largest absolute Gasteiger partial charge is 0.495 e. The van der Waals surface area contributed by atoms with E-state index in [9.17, 15) is 18.0 Å². The first-order chi connectivity index (χ1) is 20.2. The Bertz CT molecular complexity index is 1680. The average molecular weight is 602 g/mol. The first-order valence-electron chi connectivity index (χ1n) is 13.4. The van der Waals surface area contributed by atoms with Crippen molar-refractivity contribution in [1.29, 1.82) is 0 Å². The van der Waals surface area contributed by atoms with Gasteiger partial charge in [0.2, 0.25) is 5.91 Å². The summed E-state index contributed by atoms with van der Waals surface area (Å²) in [4.78, 5) is 27.4. The van der Waals surface area contributed by atoms with E-state index in [-0.39, 0.29) is 22.1 Å². The molecule has 0 radical (unpaired) electrons. The Morgan fingerprint density at radius 3 is 2.38 bits per heavy atom.